The molecule has 1 fully saturated rings. The molecule has 31 heavy (non-hydrogen) atoms. The van der Waals surface area contributed by atoms with E-state index in [1.54, 1.807) is 24.9 Å². The zero-order valence-corrected chi connectivity index (χ0v) is 18.4. The molecule has 1 saturated heterocycles. The van der Waals surface area contributed by atoms with E-state index in [1.807, 2.05) is 47.4 Å². The van der Waals surface area contributed by atoms with Crippen molar-refractivity contribution in [1.82, 2.24) is 15.1 Å². The molecule has 0 spiro atoms. The molecule has 1 aliphatic rings. The number of carbonyl (C=O) groups excluding carboxylic acids is 3. The number of amides is 3. The van der Waals surface area contributed by atoms with E-state index in [0.29, 0.717) is 25.2 Å². The molecule has 0 aromatic heterocycles. The van der Waals surface area contributed by atoms with Crippen LogP contribution >= 0.6 is 0 Å². The zero-order chi connectivity index (χ0) is 22.4. The molecule has 3 amide bonds. The second-order valence-corrected chi connectivity index (χ2v) is 7.77. The zero-order valence-electron chi connectivity index (χ0n) is 18.4. The van der Waals surface area contributed by atoms with Gasteiger partial charge in [0.2, 0.25) is 11.8 Å². The van der Waals surface area contributed by atoms with Gasteiger partial charge in [-0.3, -0.25) is 19.3 Å². The normalized spacial score (nSPS) is 16.6. The molecule has 2 N–H and O–H groups in total. The minimum absolute atomic E-state index is 0.0181. The van der Waals surface area contributed by atoms with Crippen molar-refractivity contribution in [3.8, 4) is 0 Å². The molecule has 164 valence electrons. The van der Waals surface area contributed by atoms with Gasteiger partial charge in [-0.1, -0.05) is 31.2 Å². The monoisotopic (exact) mass is 422 g/mol. The fraction of sp³-hybridized carbons (Fsp3) is 0.375. The van der Waals surface area contributed by atoms with Gasteiger partial charge < -0.3 is 15.5 Å². The Bertz CT molecular complexity index is 942. The van der Waals surface area contributed by atoms with Crippen molar-refractivity contribution in [1.29, 1.82) is 0 Å². The second-order valence-electron chi connectivity index (χ2n) is 7.77. The molecule has 3 rings (SSSR count). The topological polar surface area (TPSA) is 81.8 Å². The third-order valence-corrected chi connectivity index (χ3v) is 5.64. The smallest absolute Gasteiger partial charge is 0.251 e. The van der Waals surface area contributed by atoms with E-state index >= 15 is 0 Å². The fourth-order valence-electron chi connectivity index (χ4n) is 3.90. The number of nitrogens with one attached hydrogen (secondary N) is 2. The van der Waals surface area contributed by atoms with Crippen molar-refractivity contribution >= 4 is 23.4 Å². The summed E-state index contributed by atoms with van der Waals surface area (Å²) in [6, 6.07) is 14.9. The van der Waals surface area contributed by atoms with Crippen LogP contribution in [0, 0.1) is 0 Å². The van der Waals surface area contributed by atoms with E-state index < -0.39 is 0 Å². The number of nitrogens with zero attached hydrogens (tertiary/aromatic N) is 2. The fourth-order valence-corrected chi connectivity index (χ4v) is 3.90. The van der Waals surface area contributed by atoms with Gasteiger partial charge in [0.25, 0.3) is 5.91 Å². The quantitative estimate of drug-likeness (QED) is 0.749. The van der Waals surface area contributed by atoms with Crippen molar-refractivity contribution in [2.45, 2.75) is 26.3 Å². The SMILES string of the molecule is CCc1ccc(NC(=O)CN2CCN(C(C)=O)[C@@H](c3cccc(C(=O)NC)c3)C2)cc1. The number of benzene rings is 2. The lowest BCUT2D eigenvalue weighted by atomic mass is 9.99. The maximum absolute atomic E-state index is 12.6. The van der Waals surface area contributed by atoms with Crippen LogP contribution in [-0.2, 0) is 16.0 Å². The first-order valence-electron chi connectivity index (χ1n) is 10.6. The summed E-state index contributed by atoms with van der Waals surface area (Å²) >= 11 is 0. The van der Waals surface area contributed by atoms with Gasteiger partial charge in [-0.2, -0.15) is 0 Å². The van der Waals surface area contributed by atoms with E-state index in [9.17, 15) is 14.4 Å². The predicted octanol–water partition coefficient (Wildman–Crippen LogP) is 2.45. The lowest BCUT2D eigenvalue weighted by molar-refractivity contribution is -0.134. The first-order valence-corrected chi connectivity index (χ1v) is 10.6. The van der Waals surface area contributed by atoms with E-state index in [-0.39, 0.29) is 30.3 Å². The summed E-state index contributed by atoms with van der Waals surface area (Å²) < 4.78 is 0. The molecule has 0 unspecified atom stereocenters. The largest absolute Gasteiger partial charge is 0.355 e. The van der Waals surface area contributed by atoms with E-state index in [4.69, 9.17) is 0 Å². The molecular formula is C24H30N4O3. The van der Waals surface area contributed by atoms with Crippen LogP contribution in [0.1, 0.15) is 41.4 Å². The third-order valence-electron chi connectivity index (χ3n) is 5.64. The molecule has 0 saturated carbocycles. The van der Waals surface area contributed by atoms with Crippen LogP contribution in [-0.4, -0.2) is 60.7 Å². The molecule has 0 bridgehead atoms. The summed E-state index contributed by atoms with van der Waals surface area (Å²) in [6.07, 6.45) is 0.956. The van der Waals surface area contributed by atoms with Gasteiger partial charge >= 0.3 is 0 Å². The second kappa shape index (κ2) is 10.2. The summed E-state index contributed by atoms with van der Waals surface area (Å²) in [6.45, 7) is 5.56. The number of piperazine rings is 1. The first kappa shape index (κ1) is 22.5. The number of aryl methyl sites for hydroxylation is 1. The molecule has 1 heterocycles. The molecule has 1 aliphatic heterocycles. The minimum Gasteiger partial charge on any atom is -0.355 e. The minimum atomic E-state index is -0.215. The number of rotatable bonds is 6. The van der Waals surface area contributed by atoms with Crippen molar-refractivity contribution in [3.05, 3.63) is 65.2 Å². The molecule has 0 aliphatic carbocycles. The lowest BCUT2D eigenvalue weighted by Gasteiger charge is -2.41. The van der Waals surface area contributed by atoms with Crippen molar-refractivity contribution in [2.75, 3.05) is 38.5 Å². The maximum atomic E-state index is 12.6. The molecule has 2 aromatic carbocycles. The lowest BCUT2D eigenvalue weighted by Crippen LogP contribution is -2.51. The van der Waals surface area contributed by atoms with Crippen molar-refractivity contribution < 1.29 is 14.4 Å². The summed E-state index contributed by atoms with van der Waals surface area (Å²) in [4.78, 5) is 40.7. The number of carbonyl (C=O) groups is 3. The Hall–Kier alpha value is -3.19. The van der Waals surface area contributed by atoms with Crippen LogP contribution in [0.25, 0.3) is 0 Å². The summed E-state index contributed by atoms with van der Waals surface area (Å²) in [5.41, 5.74) is 3.44. The van der Waals surface area contributed by atoms with Crippen LogP contribution in [0.4, 0.5) is 5.69 Å². The Morgan fingerprint density at radius 3 is 2.45 bits per heavy atom. The van der Waals surface area contributed by atoms with Crippen LogP contribution in [0.3, 0.4) is 0 Å². The van der Waals surface area contributed by atoms with Crippen molar-refractivity contribution in [2.24, 2.45) is 0 Å². The van der Waals surface area contributed by atoms with Crippen LogP contribution in [0.15, 0.2) is 48.5 Å². The average Bonchev–Trinajstić information content (AvgIpc) is 2.78. The Kier molecular flexibility index (Phi) is 7.41. The van der Waals surface area contributed by atoms with Gasteiger partial charge in [0.15, 0.2) is 0 Å². The third kappa shape index (κ3) is 5.70. The molecule has 0 radical (unpaired) electrons. The Morgan fingerprint density at radius 2 is 1.81 bits per heavy atom. The van der Waals surface area contributed by atoms with Gasteiger partial charge in [0.05, 0.1) is 12.6 Å². The first-order chi connectivity index (χ1) is 14.9. The van der Waals surface area contributed by atoms with Gasteiger partial charge in [-0.05, 0) is 41.8 Å². The van der Waals surface area contributed by atoms with Crippen LogP contribution in [0.2, 0.25) is 0 Å². The number of hydrogen-bond acceptors (Lipinski definition) is 4. The molecule has 1 atom stereocenters. The summed E-state index contributed by atoms with van der Waals surface area (Å²) in [7, 11) is 1.59. The van der Waals surface area contributed by atoms with Gasteiger partial charge in [-0.25, -0.2) is 0 Å². The number of hydrogen-bond donors (Lipinski definition) is 2. The molecule has 2 aromatic rings. The summed E-state index contributed by atoms with van der Waals surface area (Å²) in [5.74, 6) is -0.272. The highest BCUT2D eigenvalue weighted by molar-refractivity contribution is 5.94. The highest BCUT2D eigenvalue weighted by Gasteiger charge is 2.31. The molecule has 7 nitrogen and oxygen atoms in total. The average molecular weight is 423 g/mol. The highest BCUT2D eigenvalue weighted by Crippen LogP contribution is 2.26. The van der Waals surface area contributed by atoms with Gasteiger partial charge in [0, 0.05) is 44.9 Å². The Balaban J connectivity index is 1.70. The van der Waals surface area contributed by atoms with E-state index in [0.717, 1.165) is 17.7 Å². The standard InChI is InChI=1S/C24H30N4O3/c1-4-18-8-10-21(11-9-18)26-23(30)16-27-12-13-28(17(2)29)22(15-27)19-6-5-7-20(14-19)24(31)25-3/h5-11,14,22H,4,12-13,15-16H2,1-3H3,(H,25,31)(H,26,30)/t22-/m1/s1. The summed E-state index contributed by atoms with van der Waals surface area (Å²) in [5, 5.41) is 5.57. The maximum Gasteiger partial charge on any atom is 0.251 e. The predicted molar refractivity (Wildman–Crippen MR) is 121 cm³/mol. The number of anilines is 1. The van der Waals surface area contributed by atoms with Crippen LogP contribution < -0.4 is 10.6 Å². The Morgan fingerprint density at radius 1 is 1.06 bits per heavy atom. The van der Waals surface area contributed by atoms with E-state index in [2.05, 4.69) is 17.6 Å². The Labute approximate surface area is 183 Å². The van der Waals surface area contributed by atoms with E-state index in [1.165, 1.54) is 5.56 Å². The van der Waals surface area contributed by atoms with Gasteiger partial charge in [0.1, 0.15) is 0 Å². The molecule has 7 heteroatoms. The molecular weight excluding hydrogens is 392 g/mol. The van der Waals surface area contributed by atoms with Crippen molar-refractivity contribution in [3.63, 3.8) is 0 Å². The van der Waals surface area contributed by atoms with Crippen LogP contribution in [0.5, 0.6) is 0 Å². The van der Waals surface area contributed by atoms with Gasteiger partial charge in [-0.15, -0.1) is 0 Å². The highest BCUT2D eigenvalue weighted by atomic mass is 16.2.